The van der Waals surface area contributed by atoms with Gasteiger partial charge in [-0.2, -0.15) is 5.10 Å². The molecule has 1 aromatic heterocycles. The van der Waals surface area contributed by atoms with E-state index in [1.807, 2.05) is 17.8 Å². The third-order valence-corrected chi connectivity index (χ3v) is 3.08. The van der Waals surface area contributed by atoms with Crippen LogP contribution in [0, 0.1) is 5.82 Å². The number of nitrogens with zero attached hydrogens (tertiary/aromatic N) is 2. The van der Waals surface area contributed by atoms with E-state index in [1.54, 1.807) is 12.1 Å². The number of rotatable bonds is 4. The fraction of sp³-hybridized carbons (Fsp3) is 0.357. The van der Waals surface area contributed by atoms with Crippen LogP contribution in [-0.2, 0) is 19.9 Å². The summed E-state index contributed by atoms with van der Waals surface area (Å²) >= 11 is 0. The van der Waals surface area contributed by atoms with Crippen LogP contribution < -0.4 is 5.73 Å². The lowest BCUT2D eigenvalue weighted by Crippen LogP contribution is -2.17. The van der Waals surface area contributed by atoms with Crippen LogP contribution in [0.4, 0.5) is 4.39 Å². The highest BCUT2D eigenvalue weighted by Crippen LogP contribution is 2.17. The molecule has 4 heteroatoms. The molecule has 18 heavy (non-hydrogen) atoms. The molecular formula is C14H18FN3. The smallest absolute Gasteiger partial charge is 0.123 e. The molecule has 1 heterocycles. The van der Waals surface area contributed by atoms with Crippen molar-refractivity contribution in [1.82, 2.24) is 9.78 Å². The first-order valence-corrected chi connectivity index (χ1v) is 6.13. The predicted molar refractivity (Wildman–Crippen MR) is 69.6 cm³/mol. The van der Waals surface area contributed by atoms with Crippen molar-refractivity contribution in [1.29, 1.82) is 0 Å². The lowest BCUT2D eigenvalue weighted by Gasteiger charge is -2.11. The molecule has 2 N–H and O–H groups in total. The largest absolute Gasteiger partial charge is 0.322 e. The molecule has 0 aliphatic heterocycles. The number of aryl methyl sites for hydroxylation is 2. The third-order valence-electron chi connectivity index (χ3n) is 3.08. The van der Waals surface area contributed by atoms with Gasteiger partial charge in [0.05, 0.1) is 17.4 Å². The molecule has 2 aromatic rings. The van der Waals surface area contributed by atoms with E-state index in [9.17, 15) is 4.39 Å². The van der Waals surface area contributed by atoms with Gasteiger partial charge < -0.3 is 5.73 Å². The van der Waals surface area contributed by atoms with Gasteiger partial charge in [0.25, 0.3) is 0 Å². The summed E-state index contributed by atoms with van der Waals surface area (Å²) in [5.74, 6) is -0.221. The van der Waals surface area contributed by atoms with Crippen molar-refractivity contribution < 1.29 is 4.39 Å². The Morgan fingerprint density at radius 2 is 2.00 bits per heavy atom. The van der Waals surface area contributed by atoms with E-state index in [-0.39, 0.29) is 11.9 Å². The number of aromatic nitrogens is 2. The van der Waals surface area contributed by atoms with E-state index in [2.05, 4.69) is 12.0 Å². The summed E-state index contributed by atoms with van der Waals surface area (Å²) < 4.78 is 14.6. The van der Waals surface area contributed by atoms with Gasteiger partial charge in [-0.15, -0.1) is 0 Å². The third kappa shape index (κ3) is 2.76. The highest BCUT2D eigenvalue weighted by Gasteiger charge is 2.13. The Bertz CT molecular complexity index is 516. The van der Waals surface area contributed by atoms with Gasteiger partial charge in [0, 0.05) is 7.05 Å². The summed E-state index contributed by atoms with van der Waals surface area (Å²) in [7, 11) is 1.90. The lowest BCUT2D eigenvalue weighted by molar-refractivity contribution is 0.609. The van der Waals surface area contributed by atoms with E-state index >= 15 is 0 Å². The summed E-state index contributed by atoms with van der Waals surface area (Å²) in [5, 5.41) is 4.38. The molecule has 1 atom stereocenters. The Morgan fingerprint density at radius 1 is 1.33 bits per heavy atom. The molecule has 96 valence electrons. The first-order valence-electron chi connectivity index (χ1n) is 6.13. The van der Waals surface area contributed by atoms with Gasteiger partial charge in [0.1, 0.15) is 5.82 Å². The maximum absolute atomic E-state index is 12.8. The monoisotopic (exact) mass is 247 g/mol. The summed E-state index contributed by atoms with van der Waals surface area (Å²) in [4.78, 5) is 0. The van der Waals surface area contributed by atoms with Crippen LogP contribution in [0.2, 0.25) is 0 Å². The first-order chi connectivity index (χ1) is 8.60. The molecule has 0 radical (unpaired) electrons. The Hall–Kier alpha value is -1.68. The van der Waals surface area contributed by atoms with Crippen LogP contribution in [0.25, 0.3) is 0 Å². The minimum absolute atomic E-state index is 0.117. The summed E-state index contributed by atoms with van der Waals surface area (Å²) in [6.45, 7) is 2.07. The second-order valence-electron chi connectivity index (χ2n) is 4.47. The number of benzene rings is 1. The molecule has 0 spiro atoms. The lowest BCUT2D eigenvalue weighted by atomic mass is 10.0. The number of nitrogens with two attached hydrogens (primary N) is 1. The zero-order valence-electron chi connectivity index (χ0n) is 10.7. The van der Waals surface area contributed by atoms with Gasteiger partial charge in [-0.1, -0.05) is 19.1 Å². The van der Waals surface area contributed by atoms with E-state index in [4.69, 9.17) is 5.73 Å². The van der Waals surface area contributed by atoms with Crippen LogP contribution in [-0.4, -0.2) is 9.78 Å². The average Bonchev–Trinajstić information content (AvgIpc) is 2.73. The molecule has 3 nitrogen and oxygen atoms in total. The van der Waals surface area contributed by atoms with Crippen molar-refractivity contribution in [2.75, 3.05) is 0 Å². The zero-order chi connectivity index (χ0) is 13.1. The zero-order valence-corrected chi connectivity index (χ0v) is 10.7. The Balaban J connectivity index is 2.13. The van der Waals surface area contributed by atoms with E-state index in [0.29, 0.717) is 6.42 Å². The topological polar surface area (TPSA) is 43.8 Å². The van der Waals surface area contributed by atoms with Crippen molar-refractivity contribution >= 4 is 0 Å². The van der Waals surface area contributed by atoms with Crippen molar-refractivity contribution in [3.05, 3.63) is 53.1 Å². The van der Waals surface area contributed by atoms with E-state index < -0.39 is 0 Å². The van der Waals surface area contributed by atoms with Crippen molar-refractivity contribution in [3.8, 4) is 0 Å². The molecule has 0 fully saturated rings. The number of hydrogen-bond donors (Lipinski definition) is 1. The molecule has 0 saturated carbocycles. The first kappa shape index (κ1) is 12.8. The standard InChI is InChI=1S/C14H18FN3/c1-3-12-9-14(18(2)17-12)13(16)8-10-4-6-11(15)7-5-10/h4-7,9,13H,3,8,16H2,1-2H3. The predicted octanol–water partition coefficient (Wildman–Crippen LogP) is 2.36. The molecule has 1 unspecified atom stereocenters. The second-order valence-corrected chi connectivity index (χ2v) is 4.47. The minimum Gasteiger partial charge on any atom is -0.322 e. The van der Waals surface area contributed by atoms with Gasteiger partial charge in [-0.3, -0.25) is 4.68 Å². The van der Waals surface area contributed by atoms with Crippen LogP contribution in [0.1, 0.15) is 29.9 Å². The molecule has 1 aromatic carbocycles. The van der Waals surface area contributed by atoms with Crippen molar-refractivity contribution in [3.63, 3.8) is 0 Å². The second kappa shape index (κ2) is 5.31. The maximum atomic E-state index is 12.8. The molecule has 0 bridgehead atoms. The number of hydrogen-bond acceptors (Lipinski definition) is 2. The highest BCUT2D eigenvalue weighted by atomic mass is 19.1. The van der Waals surface area contributed by atoms with Crippen LogP contribution >= 0.6 is 0 Å². The fourth-order valence-corrected chi connectivity index (χ4v) is 2.04. The quantitative estimate of drug-likeness (QED) is 0.901. The molecule has 2 rings (SSSR count). The highest BCUT2D eigenvalue weighted by molar-refractivity contribution is 5.21. The minimum atomic E-state index is -0.221. The van der Waals surface area contributed by atoms with Gasteiger partial charge in [-0.25, -0.2) is 4.39 Å². The van der Waals surface area contributed by atoms with Gasteiger partial charge in [-0.05, 0) is 36.6 Å². The fourth-order valence-electron chi connectivity index (χ4n) is 2.04. The number of halogens is 1. The normalized spacial score (nSPS) is 12.7. The molecule has 0 amide bonds. The molecule has 0 aliphatic rings. The van der Waals surface area contributed by atoms with Crippen LogP contribution in [0.15, 0.2) is 30.3 Å². The van der Waals surface area contributed by atoms with Gasteiger partial charge in [0.15, 0.2) is 0 Å². The van der Waals surface area contributed by atoms with Crippen molar-refractivity contribution in [2.45, 2.75) is 25.8 Å². The SMILES string of the molecule is CCc1cc(C(N)Cc2ccc(F)cc2)n(C)n1. The Morgan fingerprint density at radius 3 is 2.56 bits per heavy atom. The summed E-state index contributed by atoms with van der Waals surface area (Å²) in [5.41, 5.74) is 9.26. The Kier molecular flexibility index (Phi) is 3.77. The molecule has 0 saturated heterocycles. The maximum Gasteiger partial charge on any atom is 0.123 e. The van der Waals surface area contributed by atoms with E-state index in [0.717, 1.165) is 23.4 Å². The average molecular weight is 247 g/mol. The molecule has 0 aliphatic carbocycles. The van der Waals surface area contributed by atoms with E-state index in [1.165, 1.54) is 12.1 Å². The van der Waals surface area contributed by atoms with Gasteiger partial charge in [0.2, 0.25) is 0 Å². The summed E-state index contributed by atoms with van der Waals surface area (Å²) in [6, 6.07) is 8.38. The van der Waals surface area contributed by atoms with Crippen molar-refractivity contribution in [2.24, 2.45) is 12.8 Å². The van der Waals surface area contributed by atoms with Crippen LogP contribution in [0.5, 0.6) is 0 Å². The Labute approximate surface area is 106 Å². The molecular weight excluding hydrogens is 229 g/mol. The van der Waals surface area contributed by atoms with Crippen LogP contribution in [0.3, 0.4) is 0 Å². The summed E-state index contributed by atoms with van der Waals surface area (Å²) in [6.07, 6.45) is 1.58. The van der Waals surface area contributed by atoms with Gasteiger partial charge >= 0.3 is 0 Å².